The van der Waals surface area contributed by atoms with Crippen molar-refractivity contribution in [3.05, 3.63) is 23.8 Å². The summed E-state index contributed by atoms with van der Waals surface area (Å²) in [5, 5.41) is 0. The van der Waals surface area contributed by atoms with Gasteiger partial charge in [-0.05, 0) is 31.5 Å². The van der Waals surface area contributed by atoms with Crippen LogP contribution in [0.3, 0.4) is 0 Å². The van der Waals surface area contributed by atoms with Crippen molar-refractivity contribution in [2.45, 2.75) is 13.3 Å². The molecule has 0 bridgehead atoms. The Morgan fingerprint density at radius 3 is 2.74 bits per heavy atom. The van der Waals surface area contributed by atoms with Gasteiger partial charge in [-0.1, -0.05) is 0 Å². The van der Waals surface area contributed by atoms with Crippen LogP contribution in [0.1, 0.15) is 23.7 Å². The summed E-state index contributed by atoms with van der Waals surface area (Å²) in [6.45, 7) is 3.69. The van der Waals surface area contributed by atoms with Crippen LogP contribution in [0.5, 0.6) is 0 Å². The fraction of sp³-hybridized carbons (Fsp3) is 0.500. The van der Waals surface area contributed by atoms with E-state index < -0.39 is 0 Å². The van der Waals surface area contributed by atoms with Gasteiger partial charge in [-0.25, -0.2) is 4.79 Å². The minimum absolute atomic E-state index is 0.345. The monoisotopic (exact) mass is 266 g/mol. The van der Waals surface area contributed by atoms with Gasteiger partial charge in [-0.3, -0.25) is 0 Å². The van der Waals surface area contributed by atoms with Crippen LogP contribution in [0.2, 0.25) is 0 Å². The lowest BCUT2D eigenvalue weighted by molar-refractivity contribution is 0.0526. The van der Waals surface area contributed by atoms with E-state index in [-0.39, 0.29) is 5.97 Å². The van der Waals surface area contributed by atoms with Crippen LogP contribution in [0.25, 0.3) is 0 Å². The number of nitrogens with zero attached hydrogens (tertiary/aromatic N) is 1. The fourth-order valence-electron chi connectivity index (χ4n) is 1.81. The first-order valence-corrected chi connectivity index (χ1v) is 6.36. The number of nitrogen functional groups attached to an aromatic ring is 1. The number of benzene rings is 1. The van der Waals surface area contributed by atoms with Crippen molar-refractivity contribution in [3.63, 3.8) is 0 Å². The molecule has 0 saturated carbocycles. The van der Waals surface area contributed by atoms with Gasteiger partial charge >= 0.3 is 5.97 Å². The van der Waals surface area contributed by atoms with E-state index >= 15 is 0 Å². The summed E-state index contributed by atoms with van der Waals surface area (Å²) in [5.41, 5.74) is 7.94. The van der Waals surface area contributed by atoms with E-state index in [0.717, 1.165) is 18.7 Å². The van der Waals surface area contributed by atoms with Gasteiger partial charge < -0.3 is 20.1 Å². The zero-order valence-corrected chi connectivity index (χ0v) is 11.8. The summed E-state index contributed by atoms with van der Waals surface area (Å²) >= 11 is 0. The lowest BCUT2D eigenvalue weighted by Gasteiger charge is -2.21. The highest BCUT2D eigenvalue weighted by Crippen LogP contribution is 2.23. The van der Waals surface area contributed by atoms with E-state index in [9.17, 15) is 4.79 Å². The van der Waals surface area contributed by atoms with E-state index in [4.69, 9.17) is 15.2 Å². The molecule has 106 valence electrons. The second-order valence-electron chi connectivity index (χ2n) is 4.26. The van der Waals surface area contributed by atoms with E-state index in [1.165, 1.54) is 0 Å². The number of hydrogen-bond donors (Lipinski definition) is 1. The maximum absolute atomic E-state index is 11.6. The first kappa shape index (κ1) is 15.3. The SMILES string of the molecule is CCOC(=O)c1ccc(N(C)CCCOC)c(N)c1. The summed E-state index contributed by atoms with van der Waals surface area (Å²) < 4.78 is 9.95. The Morgan fingerprint density at radius 1 is 1.42 bits per heavy atom. The van der Waals surface area contributed by atoms with Crippen LogP contribution in [0.15, 0.2) is 18.2 Å². The Labute approximate surface area is 114 Å². The number of anilines is 2. The average molecular weight is 266 g/mol. The second kappa shape index (κ2) is 7.63. The van der Waals surface area contributed by atoms with Crippen LogP contribution in [0.4, 0.5) is 11.4 Å². The first-order valence-electron chi connectivity index (χ1n) is 6.36. The molecule has 0 unspecified atom stereocenters. The van der Waals surface area contributed by atoms with Crippen molar-refractivity contribution < 1.29 is 14.3 Å². The van der Waals surface area contributed by atoms with Gasteiger partial charge in [0.05, 0.1) is 23.5 Å². The molecular weight excluding hydrogens is 244 g/mol. The highest BCUT2D eigenvalue weighted by atomic mass is 16.5. The number of carbonyl (C=O) groups excluding carboxylic acids is 1. The molecule has 1 rings (SSSR count). The molecule has 5 nitrogen and oxygen atoms in total. The van der Waals surface area contributed by atoms with Crippen LogP contribution in [0, 0.1) is 0 Å². The normalized spacial score (nSPS) is 10.3. The van der Waals surface area contributed by atoms with Crippen LogP contribution >= 0.6 is 0 Å². The standard InChI is InChI=1S/C14H22N2O3/c1-4-19-14(17)11-6-7-13(12(15)10-11)16(2)8-5-9-18-3/h6-7,10H,4-5,8-9,15H2,1-3H3. The molecule has 0 spiro atoms. The van der Waals surface area contributed by atoms with Gasteiger partial charge in [0.1, 0.15) is 0 Å². The zero-order chi connectivity index (χ0) is 14.3. The van der Waals surface area contributed by atoms with Crippen molar-refractivity contribution in [3.8, 4) is 0 Å². The van der Waals surface area contributed by atoms with Gasteiger partial charge in [0, 0.05) is 27.3 Å². The molecule has 0 aliphatic heterocycles. The van der Waals surface area contributed by atoms with Gasteiger partial charge in [0.25, 0.3) is 0 Å². The van der Waals surface area contributed by atoms with Crippen molar-refractivity contribution in [1.82, 2.24) is 0 Å². The van der Waals surface area contributed by atoms with Crippen molar-refractivity contribution in [1.29, 1.82) is 0 Å². The van der Waals surface area contributed by atoms with Crippen molar-refractivity contribution >= 4 is 17.3 Å². The average Bonchev–Trinajstić information content (AvgIpc) is 2.39. The van der Waals surface area contributed by atoms with Crippen LogP contribution in [-0.2, 0) is 9.47 Å². The van der Waals surface area contributed by atoms with Gasteiger partial charge in [0.15, 0.2) is 0 Å². The topological polar surface area (TPSA) is 64.8 Å². The predicted octanol–water partition coefficient (Wildman–Crippen LogP) is 1.92. The number of hydrogen-bond acceptors (Lipinski definition) is 5. The third kappa shape index (κ3) is 4.44. The third-order valence-electron chi connectivity index (χ3n) is 2.79. The molecule has 5 heteroatoms. The molecule has 0 saturated heterocycles. The van der Waals surface area contributed by atoms with E-state index in [1.54, 1.807) is 26.2 Å². The number of rotatable bonds is 7. The van der Waals surface area contributed by atoms with Crippen molar-refractivity contribution in [2.24, 2.45) is 0 Å². The van der Waals surface area contributed by atoms with Crippen molar-refractivity contribution in [2.75, 3.05) is 44.5 Å². The summed E-state index contributed by atoms with van der Waals surface area (Å²) in [6.07, 6.45) is 0.923. The molecule has 0 heterocycles. The maximum atomic E-state index is 11.6. The second-order valence-corrected chi connectivity index (χ2v) is 4.26. The molecule has 0 amide bonds. The van der Waals surface area contributed by atoms with E-state index in [1.807, 2.05) is 18.0 Å². The van der Waals surface area contributed by atoms with E-state index in [2.05, 4.69) is 0 Å². The number of carbonyl (C=O) groups is 1. The fourth-order valence-corrected chi connectivity index (χ4v) is 1.81. The largest absolute Gasteiger partial charge is 0.462 e. The van der Waals surface area contributed by atoms with Gasteiger partial charge in [0.2, 0.25) is 0 Å². The summed E-state index contributed by atoms with van der Waals surface area (Å²) in [5.74, 6) is -0.345. The lowest BCUT2D eigenvalue weighted by atomic mass is 10.1. The van der Waals surface area contributed by atoms with Crippen LogP contribution < -0.4 is 10.6 Å². The van der Waals surface area contributed by atoms with E-state index in [0.29, 0.717) is 24.5 Å². The Balaban J connectivity index is 2.73. The molecular formula is C14H22N2O3. The molecule has 2 N–H and O–H groups in total. The molecule has 1 aromatic rings. The van der Waals surface area contributed by atoms with Crippen LogP contribution in [-0.4, -0.2) is 39.9 Å². The molecule has 0 aliphatic rings. The Bertz CT molecular complexity index is 421. The Hall–Kier alpha value is -1.75. The summed E-state index contributed by atoms with van der Waals surface area (Å²) in [7, 11) is 3.65. The smallest absolute Gasteiger partial charge is 0.338 e. The summed E-state index contributed by atoms with van der Waals surface area (Å²) in [4.78, 5) is 13.6. The molecule has 0 atom stereocenters. The molecule has 19 heavy (non-hydrogen) atoms. The minimum Gasteiger partial charge on any atom is -0.462 e. The Morgan fingerprint density at radius 2 is 2.16 bits per heavy atom. The zero-order valence-electron chi connectivity index (χ0n) is 11.8. The number of esters is 1. The highest BCUT2D eigenvalue weighted by molar-refractivity contribution is 5.92. The molecule has 0 aliphatic carbocycles. The lowest BCUT2D eigenvalue weighted by Crippen LogP contribution is -2.21. The molecule has 0 fully saturated rings. The number of nitrogens with two attached hydrogens (primary N) is 1. The predicted molar refractivity (Wildman–Crippen MR) is 76.6 cm³/mol. The van der Waals surface area contributed by atoms with Gasteiger partial charge in [-0.15, -0.1) is 0 Å². The Kier molecular flexibility index (Phi) is 6.15. The maximum Gasteiger partial charge on any atom is 0.338 e. The molecule has 1 aromatic carbocycles. The minimum atomic E-state index is -0.345. The number of ether oxygens (including phenoxy) is 2. The quantitative estimate of drug-likeness (QED) is 0.464. The summed E-state index contributed by atoms with van der Waals surface area (Å²) in [6, 6.07) is 5.23. The first-order chi connectivity index (χ1) is 9.10. The highest BCUT2D eigenvalue weighted by Gasteiger charge is 2.11. The van der Waals surface area contributed by atoms with Gasteiger partial charge in [-0.2, -0.15) is 0 Å². The molecule has 0 aromatic heterocycles. The third-order valence-corrected chi connectivity index (χ3v) is 2.79. The number of methoxy groups -OCH3 is 1. The molecule has 0 radical (unpaired) electrons.